The van der Waals surface area contributed by atoms with Crippen LogP contribution >= 0.6 is 0 Å². The van der Waals surface area contributed by atoms with Gasteiger partial charge in [0.15, 0.2) is 0 Å². The van der Waals surface area contributed by atoms with Crippen LogP contribution in [-0.2, 0) is 4.74 Å². The van der Waals surface area contributed by atoms with Crippen LogP contribution in [0.1, 0.15) is 24.0 Å². The molecule has 7 heteroatoms. The quantitative estimate of drug-likeness (QED) is 0.635. The lowest BCUT2D eigenvalue weighted by atomic mass is 9.92. The fourth-order valence-electron chi connectivity index (χ4n) is 3.46. The highest BCUT2D eigenvalue weighted by Gasteiger charge is 2.37. The summed E-state index contributed by atoms with van der Waals surface area (Å²) in [5.41, 5.74) is 3.55. The largest absolute Gasteiger partial charge is 0.421 e. The smallest absolute Gasteiger partial charge is 0.247 e. The maximum Gasteiger partial charge on any atom is 0.247 e. The van der Waals surface area contributed by atoms with E-state index in [2.05, 4.69) is 10.2 Å². The Morgan fingerprint density at radius 2 is 1.75 bits per heavy atom. The van der Waals surface area contributed by atoms with E-state index in [-0.39, 0.29) is 13.0 Å². The number of hydrogen-bond acceptors (Lipinski definition) is 7. The summed E-state index contributed by atoms with van der Waals surface area (Å²) < 4.78 is 11.2. The first-order valence-corrected chi connectivity index (χ1v) is 9.18. The maximum atomic E-state index is 10.3. The molecule has 146 valence electrons. The maximum absolute atomic E-state index is 10.3. The molecule has 0 amide bonds. The number of nitrogens with zero attached hydrogens (tertiary/aromatic N) is 2. The summed E-state index contributed by atoms with van der Waals surface area (Å²) in [4.78, 5) is 0. The summed E-state index contributed by atoms with van der Waals surface area (Å²) >= 11 is 0. The van der Waals surface area contributed by atoms with Crippen molar-refractivity contribution in [1.82, 2.24) is 10.2 Å². The average Bonchev–Trinajstić information content (AvgIpc) is 3.16. The van der Waals surface area contributed by atoms with Crippen molar-refractivity contribution in [1.29, 1.82) is 0 Å². The monoisotopic (exact) mass is 382 g/mol. The van der Waals surface area contributed by atoms with Crippen molar-refractivity contribution < 1.29 is 24.5 Å². The SMILES string of the molecule is Cc1nnc(-c2cccc(-c3ccc([C@H]4OC(CO)CC(O)C4O)cc3)c2)o1. The molecule has 0 aliphatic carbocycles. The molecule has 2 aromatic carbocycles. The topological polar surface area (TPSA) is 109 Å². The van der Waals surface area contributed by atoms with Gasteiger partial charge in [-0.3, -0.25) is 0 Å². The minimum absolute atomic E-state index is 0.194. The molecule has 7 nitrogen and oxygen atoms in total. The van der Waals surface area contributed by atoms with Crippen LogP contribution in [-0.4, -0.2) is 50.4 Å². The Kier molecular flexibility index (Phi) is 5.23. The summed E-state index contributed by atoms with van der Waals surface area (Å²) in [5.74, 6) is 0.984. The molecule has 2 heterocycles. The van der Waals surface area contributed by atoms with Gasteiger partial charge in [-0.1, -0.05) is 36.4 Å². The van der Waals surface area contributed by atoms with Gasteiger partial charge in [-0.05, 0) is 28.8 Å². The lowest BCUT2D eigenvalue weighted by Gasteiger charge is -2.36. The number of aliphatic hydroxyl groups excluding tert-OH is 3. The van der Waals surface area contributed by atoms with Crippen LogP contribution in [0.4, 0.5) is 0 Å². The Labute approximate surface area is 162 Å². The zero-order chi connectivity index (χ0) is 19.7. The zero-order valence-corrected chi connectivity index (χ0v) is 15.4. The molecular formula is C21H22N2O5. The molecule has 4 rings (SSSR count). The minimum Gasteiger partial charge on any atom is -0.421 e. The van der Waals surface area contributed by atoms with Crippen molar-refractivity contribution in [2.75, 3.05) is 6.61 Å². The molecule has 3 aromatic rings. The van der Waals surface area contributed by atoms with E-state index in [1.807, 2.05) is 48.5 Å². The number of aryl methyl sites for hydroxylation is 1. The molecule has 1 aliphatic heterocycles. The fraction of sp³-hybridized carbons (Fsp3) is 0.333. The van der Waals surface area contributed by atoms with E-state index in [4.69, 9.17) is 9.15 Å². The summed E-state index contributed by atoms with van der Waals surface area (Å²) in [7, 11) is 0. The van der Waals surface area contributed by atoms with Gasteiger partial charge in [-0.15, -0.1) is 10.2 Å². The molecule has 0 bridgehead atoms. The predicted molar refractivity (Wildman–Crippen MR) is 101 cm³/mol. The standard InChI is InChI=1S/C21H22N2O5/c1-12-22-23-21(27-12)16-4-2-3-15(9-16)13-5-7-14(8-6-13)20-19(26)18(25)10-17(11-24)28-20/h2-9,17-20,24-26H,10-11H2,1H3/t17?,18?,19?,20-/m1/s1. The molecule has 0 radical (unpaired) electrons. The molecule has 1 saturated heterocycles. The second kappa shape index (κ2) is 7.81. The third-order valence-electron chi connectivity index (χ3n) is 4.96. The van der Waals surface area contributed by atoms with Crippen LogP contribution in [0.2, 0.25) is 0 Å². The number of benzene rings is 2. The van der Waals surface area contributed by atoms with E-state index in [1.54, 1.807) is 6.92 Å². The minimum atomic E-state index is -1.03. The van der Waals surface area contributed by atoms with E-state index in [1.165, 1.54) is 0 Å². The molecular weight excluding hydrogens is 360 g/mol. The molecule has 0 spiro atoms. The van der Waals surface area contributed by atoms with Crippen molar-refractivity contribution in [2.45, 2.75) is 37.8 Å². The first-order chi connectivity index (χ1) is 13.5. The Hall–Kier alpha value is -2.58. The number of aliphatic hydroxyl groups is 3. The van der Waals surface area contributed by atoms with Crippen molar-refractivity contribution in [3.05, 3.63) is 60.0 Å². The van der Waals surface area contributed by atoms with Gasteiger partial charge in [-0.25, -0.2) is 0 Å². The van der Waals surface area contributed by atoms with Crippen molar-refractivity contribution >= 4 is 0 Å². The lowest BCUT2D eigenvalue weighted by molar-refractivity contribution is -0.179. The summed E-state index contributed by atoms with van der Waals surface area (Å²) in [6.07, 6.45) is -2.91. The Balaban J connectivity index is 1.58. The van der Waals surface area contributed by atoms with Crippen molar-refractivity contribution in [3.8, 4) is 22.6 Å². The molecule has 3 N–H and O–H groups in total. The van der Waals surface area contributed by atoms with Crippen LogP contribution in [0.5, 0.6) is 0 Å². The highest BCUT2D eigenvalue weighted by atomic mass is 16.5. The molecule has 1 aromatic heterocycles. The van der Waals surface area contributed by atoms with Crippen molar-refractivity contribution in [2.24, 2.45) is 0 Å². The van der Waals surface area contributed by atoms with E-state index < -0.39 is 24.4 Å². The normalized spacial score (nSPS) is 25.0. The first-order valence-electron chi connectivity index (χ1n) is 9.18. The number of rotatable bonds is 4. The van der Waals surface area contributed by atoms with E-state index >= 15 is 0 Å². The highest BCUT2D eigenvalue weighted by molar-refractivity contribution is 5.69. The van der Waals surface area contributed by atoms with Crippen LogP contribution in [0.3, 0.4) is 0 Å². The predicted octanol–water partition coefficient (Wildman–Crippen LogP) is 2.26. The van der Waals surface area contributed by atoms with Crippen molar-refractivity contribution in [3.63, 3.8) is 0 Å². The number of hydrogen-bond donors (Lipinski definition) is 3. The summed E-state index contributed by atoms with van der Waals surface area (Å²) in [6, 6.07) is 15.4. The van der Waals surface area contributed by atoms with Gasteiger partial charge < -0.3 is 24.5 Å². The molecule has 0 saturated carbocycles. The third kappa shape index (κ3) is 3.70. The van der Waals surface area contributed by atoms with Crippen LogP contribution in [0, 0.1) is 6.92 Å². The number of ether oxygens (including phenoxy) is 1. The van der Waals surface area contributed by atoms with E-state index in [0.717, 1.165) is 22.3 Å². The Morgan fingerprint density at radius 3 is 2.43 bits per heavy atom. The Bertz CT molecular complexity index is 940. The molecule has 4 atom stereocenters. The second-order valence-electron chi connectivity index (χ2n) is 6.98. The Morgan fingerprint density at radius 1 is 1.00 bits per heavy atom. The van der Waals surface area contributed by atoms with Crippen LogP contribution in [0.15, 0.2) is 52.9 Å². The summed E-state index contributed by atoms with van der Waals surface area (Å²) in [6.45, 7) is 1.55. The molecule has 1 aliphatic rings. The van der Waals surface area contributed by atoms with E-state index in [9.17, 15) is 15.3 Å². The van der Waals surface area contributed by atoms with Crippen LogP contribution < -0.4 is 0 Å². The van der Waals surface area contributed by atoms with E-state index in [0.29, 0.717) is 11.8 Å². The molecule has 3 unspecified atom stereocenters. The zero-order valence-electron chi connectivity index (χ0n) is 15.4. The van der Waals surface area contributed by atoms with Gasteiger partial charge in [0.05, 0.1) is 18.8 Å². The molecule has 1 fully saturated rings. The van der Waals surface area contributed by atoms with Gasteiger partial charge >= 0.3 is 0 Å². The summed E-state index contributed by atoms with van der Waals surface area (Å²) in [5, 5.41) is 37.6. The van der Waals surface area contributed by atoms with Gasteiger partial charge in [0.2, 0.25) is 11.8 Å². The lowest BCUT2D eigenvalue weighted by Crippen LogP contribution is -2.44. The number of aromatic nitrogens is 2. The average molecular weight is 382 g/mol. The highest BCUT2D eigenvalue weighted by Crippen LogP contribution is 2.33. The molecule has 28 heavy (non-hydrogen) atoms. The van der Waals surface area contributed by atoms with Gasteiger partial charge in [0.1, 0.15) is 12.2 Å². The second-order valence-corrected chi connectivity index (χ2v) is 6.98. The van der Waals surface area contributed by atoms with Gasteiger partial charge in [0.25, 0.3) is 0 Å². The third-order valence-corrected chi connectivity index (χ3v) is 4.96. The van der Waals surface area contributed by atoms with Gasteiger partial charge in [-0.2, -0.15) is 0 Å². The van der Waals surface area contributed by atoms with Crippen LogP contribution in [0.25, 0.3) is 22.6 Å². The first kappa shape index (κ1) is 18.8. The van der Waals surface area contributed by atoms with Gasteiger partial charge in [0, 0.05) is 18.9 Å². The fourth-order valence-corrected chi connectivity index (χ4v) is 3.46.